The summed E-state index contributed by atoms with van der Waals surface area (Å²) in [6, 6.07) is 7.42. The number of methoxy groups -OCH3 is 1. The maximum atomic E-state index is 11.9. The zero-order chi connectivity index (χ0) is 18.2. The van der Waals surface area contributed by atoms with Crippen molar-refractivity contribution in [3.05, 3.63) is 45.8 Å². The third kappa shape index (κ3) is 5.69. The molecule has 0 aliphatic heterocycles. The highest BCUT2D eigenvalue weighted by Crippen LogP contribution is 2.20. The van der Waals surface area contributed by atoms with Gasteiger partial charge in [-0.1, -0.05) is 19.1 Å². The van der Waals surface area contributed by atoms with Gasteiger partial charge in [0, 0.05) is 38.3 Å². The van der Waals surface area contributed by atoms with Crippen LogP contribution >= 0.6 is 0 Å². The molecule has 1 N–H and O–H groups in total. The predicted molar refractivity (Wildman–Crippen MR) is 97.7 cm³/mol. The summed E-state index contributed by atoms with van der Waals surface area (Å²) in [4.78, 5) is 25.7. The van der Waals surface area contributed by atoms with Crippen LogP contribution in [-0.2, 0) is 22.5 Å². The van der Waals surface area contributed by atoms with Crippen LogP contribution in [-0.4, -0.2) is 44.7 Å². The van der Waals surface area contributed by atoms with Crippen LogP contribution in [0.15, 0.2) is 33.5 Å². The number of aryl methyl sites for hydroxylation is 1. The van der Waals surface area contributed by atoms with E-state index >= 15 is 0 Å². The van der Waals surface area contributed by atoms with Gasteiger partial charge in [0.15, 0.2) is 0 Å². The van der Waals surface area contributed by atoms with Crippen LogP contribution in [0, 0.1) is 0 Å². The smallest absolute Gasteiger partial charge is 0.336 e. The molecule has 0 aliphatic carbocycles. The second-order valence-electron chi connectivity index (χ2n) is 6.14. The molecule has 0 atom stereocenters. The van der Waals surface area contributed by atoms with E-state index in [1.807, 2.05) is 30.1 Å². The van der Waals surface area contributed by atoms with Crippen LogP contribution in [0.25, 0.3) is 11.0 Å². The predicted octanol–water partition coefficient (Wildman–Crippen LogP) is 1.94. The minimum absolute atomic E-state index is 0.0425. The fraction of sp³-hybridized carbons (Fsp3) is 0.474. The standard InChI is InChI=1S/C19H26N2O4/c1-4-14-6-7-16-15(11-19(23)25-17(16)10-14)12-21(2)13-18(22)20-8-5-9-24-3/h6-7,10-11H,4-5,8-9,12-13H2,1-3H3,(H,20,22). The Bertz CT molecular complexity index is 770. The van der Waals surface area contributed by atoms with Crippen molar-refractivity contribution in [1.29, 1.82) is 0 Å². The van der Waals surface area contributed by atoms with Gasteiger partial charge in [-0.15, -0.1) is 0 Å². The Balaban J connectivity index is 2.04. The number of hydrogen-bond donors (Lipinski definition) is 1. The van der Waals surface area contributed by atoms with E-state index in [1.165, 1.54) is 6.07 Å². The Labute approximate surface area is 147 Å². The molecule has 0 unspecified atom stereocenters. The highest BCUT2D eigenvalue weighted by molar-refractivity contribution is 5.81. The lowest BCUT2D eigenvalue weighted by Crippen LogP contribution is -2.35. The monoisotopic (exact) mass is 346 g/mol. The molecule has 1 heterocycles. The van der Waals surface area contributed by atoms with Crippen molar-refractivity contribution >= 4 is 16.9 Å². The molecule has 2 aromatic rings. The van der Waals surface area contributed by atoms with E-state index < -0.39 is 0 Å². The van der Waals surface area contributed by atoms with Crippen molar-refractivity contribution in [2.24, 2.45) is 0 Å². The number of nitrogens with one attached hydrogen (secondary N) is 1. The summed E-state index contributed by atoms with van der Waals surface area (Å²) in [7, 11) is 3.50. The molecule has 0 spiro atoms. The van der Waals surface area contributed by atoms with Crippen molar-refractivity contribution in [2.45, 2.75) is 26.3 Å². The Morgan fingerprint density at radius 2 is 2.12 bits per heavy atom. The van der Waals surface area contributed by atoms with Gasteiger partial charge < -0.3 is 14.5 Å². The van der Waals surface area contributed by atoms with Gasteiger partial charge in [-0.3, -0.25) is 9.69 Å². The van der Waals surface area contributed by atoms with Gasteiger partial charge in [-0.05, 0) is 37.1 Å². The van der Waals surface area contributed by atoms with Crippen LogP contribution in [0.5, 0.6) is 0 Å². The minimum Gasteiger partial charge on any atom is -0.423 e. The first-order valence-electron chi connectivity index (χ1n) is 8.53. The first-order valence-corrected chi connectivity index (χ1v) is 8.53. The van der Waals surface area contributed by atoms with Crippen molar-refractivity contribution < 1.29 is 13.9 Å². The van der Waals surface area contributed by atoms with Crippen LogP contribution in [0.2, 0.25) is 0 Å². The molecule has 1 aromatic carbocycles. The molecule has 0 radical (unpaired) electrons. The molecule has 6 heteroatoms. The lowest BCUT2D eigenvalue weighted by molar-refractivity contribution is -0.122. The highest BCUT2D eigenvalue weighted by Gasteiger charge is 2.11. The van der Waals surface area contributed by atoms with E-state index in [0.717, 1.165) is 29.4 Å². The summed E-state index contributed by atoms with van der Waals surface area (Å²) in [6.45, 7) is 4.04. The Morgan fingerprint density at radius 1 is 1.32 bits per heavy atom. The average Bonchev–Trinajstić information content (AvgIpc) is 2.57. The fourth-order valence-corrected chi connectivity index (χ4v) is 2.72. The molecule has 136 valence electrons. The van der Waals surface area contributed by atoms with Gasteiger partial charge in [-0.25, -0.2) is 4.79 Å². The molecule has 25 heavy (non-hydrogen) atoms. The number of carbonyl (C=O) groups excluding carboxylic acids is 1. The molecule has 0 saturated heterocycles. The van der Waals surface area contributed by atoms with E-state index in [-0.39, 0.29) is 18.1 Å². The van der Waals surface area contributed by atoms with Crippen LogP contribution < -0.4 is 10.9 Å². The van der Waals surface area contributed by atoms with Crippen LogP contribution in [0.4, 0.5) is 0 Å². The number of amides is 1. The number of ether oxygens (including phenoxy) is 1. The first kappa shape index (κ1) is 19.1. The molecular formula is C19H26N2O4. The van der Waals surface area contributed by atoms with Gasteiger partial charge in [0.2, 0.25) is 5.91 Å². The third-order valence-corrected chi connectivity index (χ3v) is 4.00. The second-order valence-corrected chi connectivity index (χ2v) is 6.14. The van der Waals surface area contributed by atoms with Crippen molar-refractivity contribution in [2.75, 3.05) is 33.9 Å². The molecule has 6 nitrogen and oxygen atoms in total. The van der Waals surface area contributed by atoms with Gasteiger partial charge in [0.05, 0.1) is 6.54 Å². The first-order chi connectivity index (χ1) is 12.0. The summed E-state index contributed by atoms with van der Waals surface area (Å²) in [5.41, 5.74) is 2.22. The normalized spacial score (nSPS) is 11.2. The summed E-state index contributed by atoms with van der Waals surface area (Å²) >= 11 is 0. The zero-order valence-electron chi connectivity index (χ0n) is 15.1. The number of rotatable bonds is 9. The Morgan fingerprint density at radius 3 is 2.84 bits per heavy atom. The largest absolute Gasteiger partial charge is 0.423 e. The second kappa shape index (κ2) is 9.34. The van der Waals surface area contributed by atoms with Gasteiger partial charge in [-0.2, -0.15) is 0 Å². The van der Waals surface area contributed by atoms with Crippen LogP contribution in [0.1, 0.15) is 24.5 Å². The van der Waals surface area contributed by atoms with E-state index in [2.05, 4.69) is 12.2 Å². The van der Waals surface area contributed by atoms with Crippen LogP contribution in [0.3, 0.4) is 0 Å². The number of likely N-dealkylation sites (N-methyl/N-ethyl adjacent to an activating group) is 1. The van der Waals surface area contributed by atoms with E-state index in [4.69, 9.17) is 9.15 Å². The minimum atomic E-state index is -0.367. The number of nitrogens with zero attached hydrogens (tertiary/aromatic N) is 1. The Hall–Kier alpha value is -2.18. The van der Waals surface area contributed by atoms with Gasteiger partial charge in [0.1, 0.15) is 5.58 Å². The molecule has 1 aromatic heterocycles. The lowest BCUT2D eigenvalue weighted by atomic mass is 10.1. The topological polar surface area (TPSA) is 71.8 Å². The van der Waals surface area contributed by atoms with E-state index in [1.54, 1.807) is 7.11 Å². The molecule has 0 bridgehead atoms. The maximum absolute atomic E-state index is 11.9. The fourth-order valence-electron chi connectivity index (χ4n) is 2.72. The average molecular weight is 346 g/mol. The molecular weight excluding hydrogens is 320 g/mol. The summed E-state index contributed by atoms with van der Waals surface area (Å²) in [5, 5.41) is 3.76. The van der Waals surface area contributed by atoms with Crippen molar-refractivity contribution in [3.63, 3.8) is 0 Å². The summed E-state index contributed by atoms with van der Waals surface area (Å²) in [5.74, 6) is -0.0425. The summed E-state index contributed by atoms with van der Waals surface area (Å²) in [6.07, 6.45) is 1.67. The van der Waals surface area contributed by atoms with E-state index in [9.17, 15) is 9.59 Å². The Kier molecular flexibility index (Phi) is 7.16. The molecule has 0 saturated carbocycles. The van der Waals surface area contributed by atoms with Gasteiger partial charge in [0.25, 0.3) is 0 Å². The van der Waals surface area contributed by atoms with Gasteiger partial charge >= 0.3 is 5.63 Å². The molecule has 0 fully saturated rings. The third-order valence-electron chi connectivity index (χ3n) is 4.00. The zero-order valence-corrected chi connectivity index (χ0v) is 15.1. The number of benzene rings is 1. The SMILES string of the molecule is CCc1ccc2c(CN(C)CC(=O)NCCCOC)cc(=O)oc2c1. The molecule has 2 rings (SSSR count). The van der Waals surface area contributed by atoms with E-state index in [0.29, 0.717) is 25.3 Å². The molecule has 1 amide bonds. The van der Waals surface area contributed by atoms with Crippen molar-refractivity contribution in [1.82, 2.24) is 10.2 Å². The number of hydrogen-bond acceptors (Lipinski definition) is 5. The highest BCUT2D eigenvalue weighted by atomic mass is 16.5. The number of fused-ring (bicyclic) bond motifs is 1. The lowest BCUT2D eigenvalue weighted by Gasteiger charge is -2.17. The number of carbonyl (C=O) groups is 1. The molecule has 0 aliphatic rings. The van der Waals surface area contributed by atoms with Crippen molar-refractivity contribution in [3.8, 4) is 0 Å². The summed E-state index contributed by atoms with van der Waals surface area (Å²) < 4.78 is 10.3. The maximum Gasteiger partial charge on any atom is 0.336 e. The quantitative estimate of drug-likeness (QED) is 0.555.